The summed E-state index contributed by atoms with van der Waals surface area (Å²) in [5, 5.41) is 0. The van der Waals surface area contributed by atoms with E-state index in [9.17, 15) is 4.79 Å². The first kappa shape index (κ1) is 19.6. The zero-order valence-corrected chi connectivity index (χ0v) is 17.2. The van der Waals surface area contributed by atoms with Crippen molar-refractivity contribution in [2.75, 3.05) is 19.6 Å². The quantitative estimate of drug-likeness (QED) is 0.545. The molecule has 3 nitrogen and oxygen atoms in total. The van der Waals surface area contributed by atoms with E-state index in [4.69, 9.17) is 0 Å². The van der Waals surface area contributed by atoms with E-state index < -0.39 is 0 Å². The minimum atomic E-state index is 0.207. The smallest absolute Gasteiger partial charge is 0.303 e. The number of nitrogens with zero attached hydrogens (tertiary/aromatic N) is 2. The van der Waals surface area contributed by atoms with Gasteiger partial charge in [0.1, 0.15) is 0 Å². The summed E-state index contributed by atoms with van der Waals surface area (Å²) in [6.45, 7) is 6.94. The highest BCUT2D eigenvalue weighted by molar-refractivity contribution is 7.16. The maximum atomic E-state index is 12.3. The third kappa shape index (κ3) is 5.43. The van der Waals surface area contributed by atoms with E-state index >= 15 is 0 Å². The molecule has 1 aromatic carbocycles. The van der Waals surface area contributed by atoms with E-state index in [-0.39, 0.29) is 4.87 Å². The monoisotopic (exact) mass is 374 g/mol. The molecule has 0 N–H and O–H groups in total. The number of aromatic nitrogens is 1. The van der Waals surface area contributed by atoms with Crippen LogP contribution in [0.25, 0.3) is 10.2 Å². The van der Waals surface area contributed by atoms with E-state index in [0.717, 1.165) is 36.0 Å². The summed E-state index contributed by atoms with van der Waals surface area (Å²) in [7, 11) is 0. The molecule has 3 rings (SSSR count). The van der Waals surface area contributed by atoms with Crippen molar-refractivity contribution < 1.29 is 0 Å². The van der Waals surface area contributed by atoms with Gasteiger partial charge in [0, 0.05) is 6.54 Å². The minimum Gasteiger partial charge on any atom is -0.303 e. The van der Waals surface area contributed by atoms with Gasteiger partial charge in [-0.3, -0.25) is 9.36 Å². The number of fused-ring (bicyclic) bond motifs is 1. The molecule has 1 fully saturated rings. The van der Waals surface area contributed by atoms with Crippen molar-refractivity contribution in [1.29, 1.82) is 0 Å². The predicted molar refractivity (Wildman–Crippen MR) is 113 cm³/mol. The Morgan fingerprint density at radius 1 is 0.962 bits per heavy atom. The summed E-state index contributed by atoms with van der Waals surface area (Å²) in [6, 6.07) is 6.55. The predicted octanol–water partition coefficient (Wildman–Crippen LogP) is 5.45. The fourth-order valence-electron chi connectivity index (χ4n) is 4.09. The first-order chi connectivity index (χ1) is 12.8. The number of unbranched alkanes of at least 4 members (excludes halogenated alkanes) is 3. The van der Waals surface area contributed by atoms with Gasteiger partial charge in [-0.1, -0.05) is 56.4 Å². The van der Waals surface area contributed by atoms with Gasteiger partial charge in [-0.25, -0.2) is 0 Å². The lowest BCUT2D eigenvalue weighted by Gasteiger charge is -2.19. The topological polar surface area (TPSA) is 25.2 Å². The van der Waals surface area contributed by atoms with Crippen LogP contribution < -0.4 is 4.87 Å². The van der Waals surface area contributed by atoms with Crippen LogP contribution >= 0.6 is 11.3 Å². The summed E-state index contributed by atoms with van der Waals surface area (Å²) in [5.74, 6) is 0. The van der Waals surface area contributed by atoms with Crippen molar-refractivity contribution in [1.82, 2.24) is 9.47 Å². The number of thiazole rings is 1. The molecule has 1 aliphatic rings. The molecule has 2 heterocycles. The fourth-order valence-corrected chi connectivity index (χ4v) is 5.07. The Labute approximate surface area is 162 Å². The van der Waals surface area contributed by atoms with Gasteiger partial charge in [0.2, 0.25) is 0 Å². The van der Waals surface area contributed by atoms with Gasteiger partial charge < -0.3 is 4.90 Å². The van der Waals surface area contributed by atoms with Crippen molar-refractivity contribution in [3.8, 4) is 0 Å². The fraction of sp³-hybridized carbons (Fsp3) is 0.682. The van der Waals surface area contributed by atoms with E-state index in [2.05, 4.69) is 30.0 Å². The molecule has 4 heteroatoms. The highest BCUT2D eigenvalue weighted by atomic mass is 32.1. The van der Waals surface area contributed by atoms with Crippen LogP contribution in [0.2, 0.25) is 0 Å². The van der Waals surface area contributed by atoms with E-state index in [0.29, 0.717) is 0 Å². The average molecular weight is 375 g/mol. The number of likely N-dealkylation sites (tertiary alicyclic amines) is 1. The molecule has 1 aromatic heterocycles. The Balaban J connectivity index is 1.43. The molecule has 0 saturated carbocycles. The molecular formula is C22H34N2OS. The van der Waals surface area contributed by atoms with Crippen LogP contribution in [0.5, 0.6) is 0 Å². The van der Waals surface area contributed by atoms with Gasteiger partial charge in [-0.15, -0.1) is 0 Å². The maximum absolute atomic E-state index is 12.3. The first-order valence-corrected chi connectivity index (χ1v) is 11.4. The van der Waals surface area contributed by atoms with Gasteiger partial charge in [0.05, 0.1) is 10.2 Å². The average Bonchev–Trinajstić information content (AvgIpc) is 2.80. The first-order valence-electron chi connectivity index (χ1n) is 10.6. The maximum Gasteiger partial charge on any atom is 0.308 e. The standard InChI is InChI=1S/C22H34N2OS/c1-2-11-19-12-13-20-21(18-19)26-22(25)24(20)17-10-6-5-9-16-23-14-7-3-4-8-15-23/h12-13,18H,2-11,14-17H2,1H3. The molecule has 0 spiro atoms. The molecule has 0 aliphatic carbocycles. The Morgan fingerprint density at radius 3 is 2.42 bits per heavy atom. The van der Waals surface area contributed by atoms with Crippen LogP contribution in [0.4, 0.5) is 0 Å². The Hall–Kier alpha value is -1.13. The van der Waals surface area contributed by atoms with Crippen LogP contribution in [0, 0.1) is 0 Å². The van der Waals surface area contributed by atoms with Crippen LogP contribution in [-0.2, 0) is 13.0 Å². The molecule has 0 bridgehead atoms. The van der Waals surface area contributed by atoms with Crippen molar-refractivity contribution in [3.63, 3.8) is 0 Å². The lowest BCUT2D eigenvalue weighted by molar-refractivity contribution is 0.277. The van der Waals surface area contributed by atoms with Gasteiger partial charge in [-0.05, 0) is 69.4 Å². The molecule has 144 valence electrons. The van der Waals surface area contributed by atoms with Crippen molar-refractivity contribution in [3.05, 3.63) is 33.4 Å². The van der Waals surface area contributed by atoms with E-state index in [1.165, 1.54) is 81.5 Å². The van der Waals surface area contributed by atoms with Crippen LogP contribution in [0.15, 0.2) is 23.0 Å². The molecular weight excluding hydrogens is 340 g/mol. The number of hydrogen-bond acceptors (Lipinski definition) is 3. The van der Waals surface area contributed by atoms with Crippen molar-refractivity contribution in [2.45, 2.75) is 77.7 Å². The SMILES string of the molecule is CCCc1ccc2c(c1)sc(=O)n2CCCCCCN1CCCCCC1. The Kier molecular flexibility index (Phi) is 7.75. The molecule has 1 saturated heterocycles. The molecule has 0 atom stereocenters. The zero-order valence-electron chi connectivity index (χ0n) is 16.3. The normalized spacial score (nSPS) is 16.2. The van der Waals surface area contributed by atoms with Crippen molar-refractivity contribution >= 4 is 21.6 Å². The Morgan fingerprint density at radius 2 is 1.69 bits per heavy atom. The molecule has 1 aliphatic heterocycles. The number of rotatable bonds is 9. The van der Waals surface area contributed by atoms with Gasteiger partial charge in [0.25, 0.3) is 0 Å². The van der Waals surface area contributed by atoms with Gasteiger partial charge in [-0.2, -0.15) is 0 Å². The van der Waals surface area contributed by atoms with Gasteiger partial charge >= 0.3 is 4.87 Å². The van der Waals surface area contributed by atoms with Gasteiger partial charge in [0.15, 0.2) is 0 Å². The Bertz CT molecular complexity index is 725. The number of hydrogen-bond donors (Lipinski definition) is 0. The third-order valence-corrected chi connectivity index (χ3v) is 6.52. The highest BCUT2D eigenvalue weighted by Gasteiger charge is 2.09. The summed E-state index contributed by atoms with van der Waals surface area (Å²) in [6.07, 6.45) is 12.8. The molecule has 0 amide bonds. The summed E-state index contributed by atoms with van der Waals surface area (Å²) in [4.78, 5) is 15.2. The van der Waals surface area contributed by atoms with Crippen LogP contribution in [0.3, 0.4) is 0 Å². The van der Waals surface area contributed by atoms with Crippen LogP contribution in [-0.4, -0.2) is 29.1 Å². The highest BCUT2D eigenvalue weighted by Crippen LogP contribution is 2.20. The summed E-state index contributed by atoms with van der Waals surface area (Å²) >= 11 is 1.41. The summed E-state index contributed by atoms with van der Waals surface area (Å²) in [5.41, 5.74) is 2.48. The van der Waals surface area contributed by atoms with Crippen LogP contribution in [0.1, 0.15) is 70.3 Å². The van der Waals surface area contributed by atoms with E-state index in [1.807, 2.05) is 4.57 Å². The lowest BCUT2D eigenvalue weighted by Crippen LogP contribution is -2.25. The molecule has 0 unspecified atom stereocenters. The zero-order chi connectivity index (χ0) is 18.2. The molecule has 2 aromatic rings. The lowest BCUT2D eigenvalue weighted by atomic mass is 10.1. The minimum absolute atomic E-state index is 0.207. The second kappa shape index (κ2) is 10.3. The third-order valence-electron chi connectivity index (χ3n) is 5.58. The number of benzene rings is 1. The van der Waals surface area contributed by atoms with Crippen molar-refractivity contribution in [2.24, 2.45) is 0 Å². The second-order valence-corrected chi connectivity index (χ2v) is 8.73. The summed E-state index contributed by atoms with van der Waals surface area (Å²) < 4.78 is 3.15. The molecule has 0 radical (unpaired) electrons. The molecule has 26 heavy (non-hydrogen) atoms. The largest absolute Gasteiger partial charge is 0.308 e. The number of aryl methyl sites for hydroxylation is 2. The van der Waals surface area contributed by atoms with E-state index in [1.54, 1.807) is 0 Å². The second-order valence-electron chi connectivity index (χ2n) is 7.74.